The molecule has 0 spiro atoms. The van der Waals surface area contributed by atoms with Gasteiger partial charge in [-0.25, -0.2) is 0 Å². The molecule has 0 aromatic rings. The Bertz CT molecular complexity index is 61.9. The maximum atomic E-state index is 8.55. The average molecular weight is 175 g/mol. The molecule has 0 unspecified atom stereocenters. The molecule has 9 heteroatoms. The Labute approximate surface area is 99.5 Å². The van der Waals surface area contributed by atoms with Crippen LogP contribution in [-0.4, -0.2) is 0 Å². The van der Waals surface area contributed by atoms with Crippen LogP contribution in [0.25, 0.3) is 0 Å². The number of rotatable bonds is 0. The van der Waals surface area contributed by atoms with Gasteiger partial charge in [-0.2, -0.15) is 7.82 Å². The van der Waals surface area contributed by atoms with Crippen LogP contribution in [-0.2, 0) is 21.3 Å². The van der Waals surface area contributed by atoms with Gasteiger partial charge in [0.05, 0.1) is 0 Å². The molecule has 39 valence electrons. The van der Waals surface area contributed by atoms with Gasteiger partial charge in [-0.1, -0.05) is 0 Å². The molecule has 0 bridgehead atoms. The fourth-order valence-corrected chi connectivity index (χ4v) is 0. The number of hydrogen-bond acceptors (Lipinski definition) is 4. The predicted octanol–water partition coefficient (Wildman–Crippen LogP) is -11.8. The van der Waals surface area contributed by atoms with Crippen molar-refractivity contribution in [3.8, 4) is 0 Å². The Morgan fingerprint density at radius 2 is 0.889 bits per heavy atom. The molecule has 0 amide bonds. The molecule has 0 fully saturated rings. The fourth-order valence-electron chi connectivity index (χ4n) is 0. The third kappa shape index (κ3) is 127. The van der Waals surface area contributed by atoms with Crippen LogP contribution in [0, 0.1) is 0 Å². The van der Waals surface area contributed by atoms with Crippen molar-refractivity contribution in [2.24, 2.45) is 0 Å². The van der Waals surface area contributed by atoms with E-state index in [4.69, 9.17) is 19.2 Å². The van der Waals surface area contributed by atoms with Gasteiger partial charge < -0.3 is 19.2 Å². The normalized spacial score (nSPS) is 6.56. The van der Waals surface area contributed by atoms with E-state index >= 15 is 0 Å². The van der Waals surface area contributed by atoms with E-state index in [1.54, 1.807) is 0 Å². The summed E-state index contributed by atoms with van der Waals surface area (Å²) in [5.41, 5.74) is 0. The van der Waals surface area contributed by atoms with Gasteiger partial charge in [-0.15, -0.1) is 0 Å². The third-order valence-corrected chi connectivity index (χ3v) is 0. The quantitative estimate of drug-likeness (QED) is 0.270. The van der Waals surface area contributed by atoms with Crippen LogP contribution in [0.5, 0.6) is 0 Å². The van der Waals surface area contributed by atoms with Gasteiger partial charge in [0.1, 0.15) is 0 Å². The van der Waals surface area contributed by atoms with Crippen LogP contribution in [0.4, 0.5) is 0 Å². The van der Waals surface area contributed by atoms with Crippen molar-refractivity contribution in [3.05, 3.63) is 0 Å². The van der Waals surface area contributed by atoms with Crippen molar-refractivity contribution in [2.45, 2.75) is 0 Å². The topological polar surface area (TPSA) is 86.2 Å². The predicted molar refractivity (Wildman–Crippen MR) is 7.61 cm³/mol. The molecule has 0 atom stereocenters. The average Bonchev–Trinajstić information content (AvgIpc) is 0.722. The summed E-state index contributed by atoms with van der Waals surface area (Å²) in [5, 5.41) is 0. The molecular formula is CoLi3O4P+2. The van der Waals surface area contributed by atoms with E-state index in [9.17, 15) is 0 Å². The molecule has 1 radical (unpaired) electrons. The van der Waals surface area contributed by atoms with Gasteiger partial charge in [0, 0.05) is 0 Å². The maximum absolute atomic E-state index is 8.55. The van der Waals surface area contributed by atoms with Crippen molar-refractivity contribution in [1.82, 2.24) is 0 Å². The SMILES string of the molecule is O=P([O-])([O-])[O-].[Co+2].[Li+].[Li+].[Li+]. The molecule has 9 heavy (non-hydrogen) atoms. The Morgan fingerprint density at radius 1 is 0.889 bits per heavy atom. The first kappa shape index (κ1) is 30.1. The van der Waals surface area contributed by atoms with Gasteiger partial charge >= 0.3 is 73.4 Å². The van der Waals surface area contributed by atoms with E-state index in [1.165, 1.54) is 0 Å². The van der Waals surface area contributed by atoms with E-state index in [-0.39, 0.29) is 73.4 Å². The van der Waals surface area contributed by atoms with Crippen LogP contribution in [0.2, 0.25) is 0 Å². The summed E-state index contributed by atoms with van der Waals surface area (Å²) < 4.78 is 8.55. The van der Waals surface area contributed by atoms with E-state index in [0.717, 1.165) is 0 Å². The van der Waals surface area contributed by atoms with Crippen LogP contribution in [0.3, 0.4) is 0 Å². The van der Waals surface area contributed by atoms with Crippen molar-refractivity contribution < 1.29 is 92.6 Å². The Balaban J connectivity index is -0.0000000133. The summed E-state index contributed by atoms with van der Waals surface area (Å²) in [7, 11) is -5.39. The first-order valence-electron chi connectivity index (χ1n) is 0.730. The minimum atomic E-state index is -5.39. The van der Waals surface area contributed by atoms with Gasteiger partial charge in [0.25, 0.3) is 0 Å². The van der Waals surface area contributed by atoms with Gasteiger partial charge in [0.2, 0.25) is 0 Å². The molecule has 0 aliphatic heterocycles. The summed E-state index contributed by atoms with van der Waals surface area (Å²) in [6.45, 7) is 0. The molecule has 0 aliphatic rings. The molecule has 0 rings (SSSR count). The second-order valence-electron chi connectivity index (χ2n) is 0.447. The molecule has 4 nitrogen and oxygen atoms in total. The number of phosphoric acid groups is 1. The fraction of sp³-hybridized carbons (Fsp3) is 0. The van der Waals surface area contributed by atoms with Gasteiger partial charge in [-0.05, 0) is 0 Å². The van der Waals surface area contributed by atoms with E-state index in [2.05, 4.69) is 0 Å². The summed E-state index contributed by atoms with van der Waals surface area (Å²) in [6.07, 6.45) is 0. The Kier molecular flexibility index (Phi) is 43.6. The van der Waals surface area contributed by atoms with Crippen LogP contribution < -0.4 is 71.3 Å². The Hall–Kier alpha value is 2.41. The minimum absolute atomic E-state index is 0. The summed E-state index contributed by atoms with van der Waals surface area (Å²) >= 11 is 0. The van der Waals surface area contributed by atoms with Gasteiger partial charge in [0.15, 0.2) is 0 Å². The second kappa shape index (κ2) is 13.0. The standard InChI is InChI=1S/Co.3Li.H3O4P/c;;;;1-5(2,3)4/h;;;;(H3,1,2,3,4)/q+2;3*+1;/p-3. The number of hydrogen-bond donors (Lipinski definition) is 0. The molecule has 0 aliphatic carbocycles. The van der Waals surface area contributed by atoms with Crippen LogP contribution >= 0.6 is 7.82 Å². The molecular weight excluding hydrogens is 175 g/mol. The van der Waals surface area contributed by atoms with Crippen molar-refractivity contribution in [3.63, 3.8) is 0 Å². The van der Waals surface area contributed by atoms with Gasteiger partial charge in [-0.3, -0.25) is 0 Å². The first-order valence-corrected chi connectivity index (χ1v) is 2.19. The monoisotopic (exact) mass is 175 g/mol. The molecule has 0 aromatic heterocycles. The van der Waals surface area contributed by atoms with E-state index < -0.39 is 7.82 Å². The van der Waals surface area contributed by atoms with E-state index in [0.29, 0.717) is 0 Å². The zero-order valence-electron chi connectivity index (χ0n) is 5.41. The van der Waals surface area contributed by atoms with Crippen LogP contribution in [0.15, 0.2) is 0 Å². The van der Waals surface area contributed by atoms with Crippen molar-refractivity contribution in [1.29, 1.82) is 0 Å². The molecule has 0 heterocycles. The summed E-state index contributed by atoms with van der Waals surface area (Å²) in [5.74, 6) is 0. The Morgan fingerprint density at radius 3 is 0.889 bits per heavy atom. The van der Waals surface area contributed by atoms with Crippen LogP contribution in [0.1, 0.15) is 0 Å². The van der Waals surface area contributed by atoms with Crippen molar-refractivity contribution >= 4 is 7.82 Å². The second-order valence-corrected chi connectivity index (χ2v) is 1.34. The smallest absolute Gasteiger partial charge is 0.822 e. The largest absolute Gasteiger partial charge is 2.00 e. The van der Waals surface area contributed by atoms with Crippen molar-refractivity contribution in [2.75, 3.05) is 0 Å². The first-order chi connectivity index (χ1) is 2.00. The molecule has 0 saturated carbocycles. The summed E-state index contributed by atoms with van der Waals surface area (Å²) in [4.78, 5) is 25.6. The summed E-state index contributed by atoms with van der Waals surface area (Å²) in [6, 6.07) is 0. The third-order valence-electron chi connectivity index (χ3n) is 0. The minimum Gasteiger partial charge on any atom is -0.822 e. The maximum Gasteiger partial charge on any atom is 2.00 e. The zero-order valence-corrected chi connectivity index (χ0v) is 7.35. The molecule has 0 N–H and O–H groups in total. The van der Waals surface area contributed by atoms with E-state index in [1.807, 2.05) is 0 Å². The molecule has 0 aromatic carbocycles. The zero-order chi connectivity index (χ0) is 4.50. The molecule has 0 saturated heterocycles.